The van der Waals surface area contributed by atoms with E-state index in [4.69, 9.17) is 16.7 Å². The first-order valence-electron chi connectivity index (χ1n) is 2.93. The molecule has 0 radical (unpaired) electrons. The summed E-state index contributed by atoms with van der Waals surface area (Å²) in [5.74, 6) is -1.34. The molecule has 70 valence electrons. The molecule has 0 aliphatic rings. The van der Waals surface area contributed by atoms with Crippen LogP contribution in [0.1, 0.15) is 10.5 Å². The molecule has 8 heteroatoms. The van der Waals surface area contributed by atoms with Crippen molar-refractivity contribution in [3.63, 3.8) is 0 Å². The molecule has 0 unspecified atom stereocenters. The lowest BCUT2D eigenvalue weighted by atomic mass is 10.4. The first-order chi connectivity index (χ1) is 6.00. The van der Waals surface area contributed by atoms with Crippen LogP contribution in [0.5, 0.6) is 0 Å². The number of carboxylic acid groups (broad SMARTS) is 1. The number of H-pyrrole nitrogens is 1. The minimum Gasteiger partial charge on any atom is -0.477 e. The molecule has 0 bridgehead atoms. The van der Waals surface area contributed by atoms with Crippen LogP contribution in [-0.2, 0) is 10.3 Å². The van der Waals surface area contributed by atoms with Gasteiger partial charge in [-0.25, -0.2) is 9.78 Å². The Morgan fingerprint density at radius 3 is 2.69 bits per heavy atom. The molecule has 13 heavy (non-hydrogen) atoms. The van der Waals surface area contributed by atoms with Gasteiger partial charge >= 0.3 is 5.97 Å². The maximum atomic E-state index is 10.4. The van der Waals surface area contributed by atoms with Crippen LogP contribution in [0, 0.1) is 4.77 Å². The monoisotopic (exact) mass is 222 g/mol. The minimum atomic E-state index is -2.63. The van der Waals surface area contributed by atoms with Crippen LogP contribution in [0.3, 0.4) is 0 Å². The molecule has 0 aliphatic carbocycles. The van der Waals surface area contributed by atoms with E-state index in [1.165, 1.54) is 0 Å². The van der Waals surface area contributed by atoms with E-state index in [2.05, 4.69) is 9.97 Å². The van der Waals surface area contributed by atoms with E-state index in [0.717, 1.165) is 6.07 Å². The highest BCUT2D eigenvalue weighted by Gasteiger charge is 2.05. The van der Waals surface area contributed by atoms with Crippen LogP contribution < -0.4 is 0 Å². The van der Waals surface area contributed by atoms with Crippen LogP contribution in [0.4, 0.5) is 0 Å². The number of aromatic carboxylic acids is 1. The highest BCUT2D eigenvalue weighted by Crippen LogP contribution is 2.04. The van der Waals surface area contributed by atoms with Gasteiger partial charge in [0.05, 0.1) is 0 Å². The molecule has 1 rings (SSSR count). The van der Waals surface area contributed by atoms with Crippen molar-refractivity contribution in [3.8, 4) is 0 Å². The third kappa shape index (κ3) is 2.30. The van der Waals surface area contributed by atoms with Gasteiger partial charge in [0.1, 0.15) is 5.15 Å². The van der Waals surface area contributed by atoms with Crippen molar-refractivity contribution >= 4 is 27.9 Å². The van der Waals surface area contributed by atoms with E-state index in [-0.39, 0.29) is 5.15 Å². The average Bonchev–Trinajstić information content (AvgIpc) is 2.03. The Balaban J connectivity index is 3.65. The standard InChI is InChI=1S/C5H3ClN2O4S/c6-3-1-2(4(9)10)7-5(8-3)13(11)12/h1,8H,(H,9,10). The average molecular weight is 223 g/mol. The topological polar surface area (TPSA) is 100 Å². The summed E-state index contributed by atoms with van der Waals surface area (Å²) in [7, 11) is -2.63. The molecule has 1 aromatic heterocycles. The number of rotatable bonds is 1. The molecule has 0 aromatic carbocycles. The molecule has 0 aliphatic heterocycles. The van der Waals surface area contributed by atoms with E-state index in [0.29, 0.717) is 0 Å². The van der Waals surface area contributed by atoms with E-state index < -0.39 is 26.7 Å². The number of halogens is 1. The lowest BCUT2D eigenvalue weighted by molar-refractivity contribution is 0.0690. The van der Waals surface area contributed by atoms with E-state index in [1.807, 2.05) is 0 Å². The van der Waals surface area contributed by atoms with Gasteiger partial charge in [-0.15, -0.1) is 0 Å². The summed E-state index contributed by atoms with van der Waals surface area (Å²) in [6, 6.07) is 1.01. The fourth-order valence-corrected chi connectivity index (χ4v) is 1.23. The molecular formula is C5H3ClN2O4S. The van der Waals surface area contributed by atoms with Gasteiger partial charge in [-0.05, 0) is 0 Å². The van der Waals surface area contributed by atoms with Crippen molar-refractivity contribution in [1.82, 2.24) is 9.97 Å². The summed E-state index contributed by atoms with van der Waals surface area (Å²) in [5.41, 5.74) is -0.428. The zero-order valence-electron chi connectivity index (χ0n) is 5.98. The third-order valence-corrected chi connectivity index (χ3v) is 1.80. The summed E-state index contributed by atoms with van der Waals surface area (Å²) in [6.45, 7) is 0. The second-order valence-electron chi connectivity index (χ2n) is 1.96. The first kappa shape index (κ1) is 9.75. The first-order valence-corrected chi connectivity index (χ1v) is 4.38. The highest BCUT2D eigenvalue weighted by molar-refractivity contribution is 7.63. The van der Waals surface area contributed by atoms with Crippen LogP contribution in [0.15, 0.2) is 6.07 Å². The van der Waals surface area contributed by atoms with Crippen molar-refractivity contribution < 1.29 is 18.3 Å². The van der Waals surface area contributed by atoms with Gasteiger partial charge in [0, 0.05) is 6.07 Å². The number of carbonyl (C=O) groups is 1. The lowest BCUT2D eigenvalue weighted by Gasteiger charge is -1.92. The van der Waals surface area contributed by atoms with Crippen LogP contribution >= 0.6 is 11.6 Å². The van der Waals surface area contributed by atoms with Gasteiger partial charge < -0.3 is 10.1 Å². The summed E-state index contributed by atoms with van der Waals surface area (Å²) < 4.78 is 20.3. The lowest BCUT2D eigenvalue weighted by Crippen LogP contribution is -2.02. The number of hydrogen-bond donors (Lipinski definition) is 2. The van der Waals surface area contributed by atoms with Crippen LogP contribution in [0.2, 0.25) is 5.15 Å². The van der Waals surface area contributed by atoms with Gasteiger partial charge in [-0.2, -0.15) is 8.42 Å². The second kappa shape index (κ2) is 3.58. The maximum absolute atomic E-state index is 10.4. The molecule has 2 N–H and O–H groups in total. The Kier molecular flexibility index (Phi) is 2.69. The highest BCUT2D eigenvalue weighted by atomic mass is 35.5. The summed E-state index contributed by atoms with van der Waals surface area (Å²) >= 11 is 5.41. The number of nitrogens with zero attached hydrogens (tertiary/aromatic N) is 1. The second-order valence-corrected chi connectivity index (χ2v) is 3.22. The molecule has 0 amide bonds. The Bertz CT molecular complexity index is 510. The molecular weight excluding hydrogens is 220 g/mol. The molecule has 6 nitrogen and oxygen atoms in total. The predicted octanol–water partition coefficient (Wildman–Crippen LogP) is 0.172. The van der Waals surface area contributed by atoms with E-state index in [1.54, 1.807) is 0 Å². The number of aromatic amines is 1. The normalized spacial score (nSPS) is 9.62. The van der Waals surface area contributed by atoms with Crippen LogP contribution in [-0.4, -0.2) is 29.5 Å². The summed E-state index contributed by atoms with van der Waals surface area (Å²) in [4.78, 5) is 15.9. The molecule has 0 saturated carbocycles. The summed E-state index contributed by atoms with van der Waals surface area (Å²) in [6.07, 6.45) is 0. The predicted molar refractivity (Wildman–Crippen MR) is 42.7 cm³/mol. The largest absolute Gasteiger partial charge is 0.477 e. The van der Waals surface area contributed by atoms with Gasteiger partial charge in [0.2, 0.25) is 0 Å². The molecule has 0 spiro atoms. The van der Waals surface area contributed by atoms with E-state index in [9.17, 15) is 13.2 Å². The molecule has 0 atom stereocenters. The zero-order valence-corrected chi connectivity index (χ0v) is 7.56. The van der Waals surface area contributed by atoms with Gasteiger partial charge in [-0.1, -0.05) is 11.6 Å². The Morgan fingerprint density at radius 1 is 1.62 bits per heavy atom. The fourth-order valence-electron chi connectivity index (χ4n) is 0.616. The quantitative estimate of drug-likeness (QED) is 0.521. The smallest absolute Gasteiger partial charge is 0.354 e. The van der Waals surface area contributed by atoms with E-state index >= 15 is 0 Å². The van der Waals surface area contributed by atoms with Gasteiger partial charge in [-0.3, -0.25) is 0 Å². The molecule has 1 heterocycles. The molecule has 0 fully saturated rings. The fraction of sp³-hybridized carbons (Fsp3) is 0. The van der Waals surface area contributed by atoms with Crippen molar-refractivity contribution in [2.24, 2.45) is 0 Å². The van der Waals surface area contributed by atoms with Crippen molar-refractivity contribution in [2.75, 3.05) is 0 Å². The van der Waals surface area contributed by atoms with Crippen molar-refractivity contribution in [2.45, 2.75) is 0 Å². The van der Waals surface area contributed by atoms with Gasteiger partial charge in [0.25, 0.3) is 15.1 Å². The SMILES string of the molecule is O=C(O)c1cc(Cl)[nH]c(=S(=O)=O)n1. The maximum Gasteiger partial charge on any atom is 0.354 e. The van der Waals surface area contributed by atoms with Crippen molar-refractivity contribution in [3.05, 3.63) is 21.7 Å². The Labute approximate surface area is 78.4 Å². The minimum absolute atomic E-state index is 0.105. The van der Waals surface area contributed by atoms with Crippen LogP contribution in [0.25, 0.3) is 0 Å². The third-order valence-electron chi connectivity index (χ3n) is 1.09. The number of hydrogen-bond acceptors (Lipinski definition) is 4. The number of aromatic nitrogens is 2. The molecule has 0 saturated heterocycles. The zero-order chi connectivity index (χ0) is 10.0. The Morgan fingerprint density at radius 2 is 2.23 bits per heavy atom. The summed E-state index contributed by atoms with van der Waals surface area (Å²) in [5, 5.41) is 8.37. The van der Waals surface area contributed by atoms with Crippen molar-refractivity contribution in [1.29, 1.82) is 0 Å². The molecule has 1 aromatic rings. The Hall–Kier alpha value is -1.34. The number of nitrogens with one attached hydrogen (secondary N) is 1. The number of carboxylic acids is 1. The van der Waals surface area contributed by atoms with Gasteiger partial charge in [0.15, 0.2) is 5.69 Å².